The maximum Gasteiger partial charge on any atom is 0.126 e. The highest BCUT2D eigenvalue weighted by Gasteiger charge is 2.11. The maximum atomic E-state index is 4.37. The molecule has 84 valence electrons. The van der Waals surface area contributed by atoms with Gasteiger partial charge < -0.3 is 5.32 Å². The first kappa shape index (κ1) is 12.4. The van der Waals surface area contributed by atoms with Crippen molar-refractivity contribution in [3.05, 3.63) is 18.3 Å². The summed E-state index contributed by atoms with van der Waals surface area (Å²) in [6.07, 6.45) is 1.93. The smallest absolute Gasteiger partial charge is 0.126 e. The van der Waals surface area contributed by atoms with Crippen LogP contribution in [0.5, 0.6) is 0 Å². The van der Waals surface area contributed by atoms with E-state index in [4.69, 9.17) is 0 Å². The summed E-state index contributed by atoms with van der Waals surface area (Å²) in [7, 11) is 0. The minimum absolute atomic E-state index is 0.245. The van der Waals surface area contributed by atoms with E-state index in [-0.39, 0.29) is 4.75 Å². The van der Waals surface area contributed by atoms with Crippen LogP contribution < -0.4 is 5.32 Å². The Morgan fingerprint density at radius 3 is 2.33 bits per heavy atom. The molecule has 0 aliphatic rings. The van der Waals surface area contributed by atoms with Gasteiger partial charge in [0.05, 0.1) is 0 Å². The number of nitrogens with one attached hydrogen (secondary N) is 1. The molecule has 1 aromatic heterocycles. The Morgan fingerprint density at radius 2 is 1.93 bits per heavy atom. The van der Waals surface area contributed by atoms with Crippen LogP contribution in [0.3, 0.4) is 0 Å². The molecule has 0 bridgehead atoms. The summed E-state index contributed by atoms with van der Waals surface area (Å²) < 4.78 is 0.245. The summed E-state index contributed by atoms with van der Waals surface area (Å²) in [5, 5.41) is 3.27. The highest BCUT2D eigenvalue weighted by molar-refractivity contribution is 8.00. The monoisotopic (exact) mass is 224 g/mol. The molecule has 0 radical (unpaired) electrons. The quantitative estimate of drug-likeness (QED) is 0.791. The van der Waals surface area contributed by atoms with Crippen LogP contribution in [-0.4, -0.2) is 15.8 Å². The van der Waals surface area contributed by atoms with Crippen LogP contribution in [0.4, 0.5) is 5.82 Å². The van der Waals surface area contributed by atoms with Crippen molar-refractivity contribution in [2.24, 2.45) is 0 Å². The number of hydrogen-bond acceptors (Lipinski definition) is 3. The molecule has 0 aromatic carbocycles. The van der Waals surface area contributed by atoms with Crippen molar-refractivity contribution in [3.8, 4) is 0 Å². The van der Waals surface area contributed by atoms with Crippen molar-refractivity contribution in [1.29, 1.82) is 0 Å². The van der Waals surface area contributed by atoms with E-state index in [1.165, 1.54) is 4.90 Å². The second-order valence-corrected chi connectivity index (χ2v) is 6.79. The van der Waals surface area contributed by atoms with Gasteiger partial charge in [0, 0.05) is 21.9 Å². The Hall–Kier alpha value is -0.700. The molecule has 1 N–H and O–H groups in total. The second-order valence-electron chi connectivity index (χ2n) is 4.89. The number of thioether (sulfide) groups is 1. The molecule has 0 saturated heterocycles. The fourth-order valence-corrected chi connectivity index (χ4v) is 2.12. The Balaban J connectivity index is 2.64. The molecule has 0 atom stereocenters. The van der Waals surface area contributed by atoms with Crippen molar-refractivity contribution in [2.75, 3.05) is 5.32 Å². The highest BCUT2D eigenvalue weighted by Crippen LogP contribution is 2.31. The fraction of sp³-hybridized carbons (Fsp3) is 0.583. The highest BCUT2D eigenvalue weighted by atomic mass is 32.2. The average molecular weight is 224 g/mol. The molecule has 15 heavy (non-hydrogen) atoms. The van der Waals surface area contributed by atoms with Gasteiger partial charge in [0.25, 0.3) is 0 Å². The van der Waals surface area contributed by atoms with Gasteiger partial charge in [0.2, 0.25) is 0 Å². The minimum atomic E-state index is 0.245. The van der Waals surface area contributed by atoms with Crippen LogP contribution in [0.15, 0.2) is 23.2 Å². The summed E-state index contributed by atoms with van der Waals surface area (Å²) in [4.78, 5) is 5.59. The molecule has 0 saturated carbocycles. The van der Waals surface area contributed by atoms with Gasteiger partial charge >= 0.3 is 0 Å². The first-order chi connectivity index (χ1) is 6.87. The van der Waals surface area contributed by atoms with Crippen molar-refractivity contribution < 1.29 is 0 Å². The predicted molar refractivity (Wildman–Crippen MR) is 68.6 cm³/mol. The molecular formula is C12H20N2S. The van der Waals surface area contributed by atoms with E-state index < -0.39 is 0 Å². The Bertz CT molecular complexity index is 298. The van der Waals surface area contributed by atoms with Gasteiger partial charge in [-0.2, -0.15) is 0 Å². The number of hydrogen-bond donors (Lipinski definition) is 1. The zero-order valence-electron chi connectivity index (χ0n) is 10.2. The summed E-state index contributed by atoms with van der Waals surface area (Å²) in [5.74, 6) is 0.947. The van der Waals surface area contributed by atoms with Crippen molar-refractivity contribution in [3.63, 3.8) is 0 Å². The van der Waals surface area contributed by atoms with E-state index in [9.17, 15) is 0 Å². The van der Waals surface area contributed by atoms with Crippen molar-refractivity contribution in [1.82, 2.24) is 4.98 Å². The molecule has 1 aromatic rings. The lowest BCUT2D eigenvalue weighted by Crippen LogP contribution is -2.11. The predicted octanol–water partition coefficient (Wildman–Crippen LogP) is 3.79. The maximum absolute atomic E-state index is 4.37. The number of nitrogens with zero attached hydrogens (tertiary/aromatic N) is 1. The first-order valence-electron chi connectivity index (χ1n) is 5.28. The second kappa shape index (κ2) is 4.88. The lowest BCUT2D eigenvalue weighted by Gasteiger charge is -2.17. The molecule has 2 nitrogen and oxygen atoms in total. The van der Waals surface area contributed by atoms with E-state index in [1.54, 1.807) is 0 Å². The molecule has 1 rings (SSSR count). The third-order valence-electron chi connectivity index (χ3n) is 1.60. The van der Waals surface area contributed by atoms with Crippen LogP contribution in [0.25, 0.3) is 0 Å². The number of rotatable bonds is 3. The SMILES string of the molecule is CC(C)Nc1ccc(SC(C)(C)C)cn1. The number of pyridine rings is 1. The lowest BCUT2D eigenvalue weighted by molar-refractivity contribution is 0.802. The molecule has 0 fully saturated rings. The minimum Gasteiger partial charge on any atom is -0.368 e. The molecule has 0 aliphatic carbocycles. The molecule has 0 amide bonds. The Labute approximate surface area is 96.9 Å². The molecule has 0 aliphatic heterocycles. The van der Waals surface area contributed by atoms with E-state index >= 15 is 0 Å². The molecule has 0 unspecified atom stereocenters. The van der Waals surface area contributed by atoms with Gasteiger partial charge in [-0.05, 0) is 26.0 Å². The number of aromatic nitrogens is 1. The van der Waals surface area contributed by atoms with E-state index in [2.05, 4.69) is 51.0 Å². The summed E-state index contributed by atoms with van der Waals surface area (Å²) in [5.41, 5.74) is 0. The van der Waals surface area contributed by atoms with E-state index in [1.807, 2.05) is 24.0 Å². The Morgan fingerprint density at radius 1 is 1.27 bits per heavy atom. The zero-order valence-corrected chi connectivity index (χ0v) is 11.0. The zero-order chi connectivity index (χ0) is 11.5. The van der Waals surface area contributed by atoms with Crippen LogP contribution >= 0.6 is 11.8 Å². The van der Waals surface area contributed by atoms with Crippen LogP contribution in [0.2, 0.25) is 0 Å². The topological polar surface area (TPSA) is 24.9 Å². The van der Waals surface area contributed by atoms with Gasteiger partial charge in [0.15, 0.2) is 0 Å². The fourth-order valence-electron chi connectivity index (χ4n) is 1.18. The largest absolute Gasteiger partial charge is 0.368 e. The Kier molecular flexibility index (Phi) is 4.03. The molecule has 1 heterocycles. The van der Waals surface area contributed by atoms with Crippen molar-refractivity contribution in [2.45, 2.75) is 50.3 Å². The van der Waals surface area contributed by atoms with E-state index in [0.29, 0.717) is 6.04 Å². The van der Waals surface area contributed by atoms with Gasteiger partial charge in [-0.3, -0.25) is 0 Å². The normalized spacial score (nSPS) is 11.9. The van der Waals surface area contributed by atoms with Crippen LogP contribution in [0.1, 0.15) is 34.6 Å². The van der Waals surface area contributed by atoms with E-state index in [0.717, 1.165) is 5.82 Å². The van der Waals surface area contributed by atoms with Gasteiger partial charge in [-0.1, -0.05) is 20.8 Å². The van der Waals surface area contributed by atoms with Gasteiger partial charge in [0.1, 0.15) is 5.82 Å². The van der Waals surface area contributed by atoms with Crippen molar-refractivity contribution >= 4 is 17.6 Å². The van der Waals surface area contributed by atoms with Crippen LogP contribution in [-0.2, 0) is 0 Å². The van der Waals surface area contributed by atoms with Gasteiger partial charge in [-0.25, -0.2) is 4.98 Å². The molecular weight excluding hydrogens is 204 g/mol. The average Bonchev–Trinajstić information content (AvgIpc) is 2.05. The molecule has 0 spiro atoms. The lowest BCUT2D eigenvalue weighted by atomic mass is 10.3. The first-order valence-corrected chi connectivity index (χ1v) is 6.10. The van der Waals surface area contributed by atoms with Crippen LogP contribution in [0, 0.1) is 0 Å². The number of anilines is 1. The van der Waals surface area contributed by atoms with Gasteiger partial charge in [-0.15, -0.1) is 11.8 Å². The summed E-state index contributed by atoms with van der Waals surface area (Å²) in [6, 6.07) is 4.58. The third-order valence-corrected chi connectivity index (χ3v) is 2.69. The summed E-state index contributed by atoms with van der Waals surface area (Å²) >= 11 is 1.84. The summed E-state index contributed by atoms with van der Waals surface area (Å²) in [6.45, 7) is 10.8. The molecule has 3 heteroatoms. The standard InChI is InChI=1S/C12H20N2S/c1-9(2)14-11-7-6-10(8-13-11)15-12(3,4)5/h6-9H,1-5H3,(H,13,14). The third kappa shape index (κ3) is 5.07.